The number of sulfonamides is 1. The number of ether oxygens (including phenoxy) is 1. The SMILES string of the molecule is COc1ncccc1CC[C@@H]1[C@@H](c2ccc(S(N)(=O)=O)cc2)C1(C)C. The van der Waals surface area contributed by atoms with Crippen molar-refractivity contribution >= 4 is 10.0 Å². The fourth-order valence-corrected chi connectivity index (χ4v) is 4.43. The van der Waals surface area contributed by atoms with Crippen molar-refractivity contribution in [2.45, 2.75) is 37.5 Å². The predicted molar refractivity (Wildman–Crippen MR) is 96.9 cm³/mol. The van der Waals surface area contributed by atoms with Crippen molar-refractivity contribution in [1.82, 2.24) is 4.98 Å². The summed E-state index contributed by atoms with van der Waals surface area (Å²) in [5, 5.41) is 5.17. The minimum Gasteiger partial charge on any atom is -0.481 e. The zero-order valence-corrected chi connectivity index (χ0v) is 15.6. The van der Waals surface area contributed by atoms with Crippen LogP contribution in [0.2, 0.25) is 0 Å². The fourth-order valence-electron chi connectivity index (χ4n) is 3.92. The normalized spacial score (nSPS) is 21.8. The molecule has 0 saturated heterocycles. The molecule has 1 heterocycles. The Morgan fingerprint density at radius 2 is 1.88 bits per heavy atom. The summed E-state index contributed by atoms with van der Waals surface area (Å²) in [4.78, 5) is 4.41. The van der Waals surface area contributed by atoms with E-state index in [0.29, 0.717) is 17.7 Å². The van der Waals surface area contributed by atoms with Gasteiger partial charge in [-0.2, -0.15) is 0 Å². The van der Waals surface area contributed by atoms with Gasteiger partial charge in [0.1, 0.15) is 0 Å². The molecule has 0 amide bonds. The Balaban J connectivity index is 1.72. The van der Waals surface area contributed by atoms with Gasteiger partial charge in [-0.15, -0.1) is 0 Å². The van der Waals surface area contributed by atoms with Crippen LogP contribution in [0.5, 0.6) is 5.88 Å². The highest BCUT2D eigenvalue weighted by molar-refractivity contribution is 7.89. The molecule has 0 radical (unpaired) electrons. The molecule has 1 aliphatic carbocycles. The van der Waals surface area contributed by atoms with E-state index in [4.69, 9.17) is 9.88 Å². The van der Waals surface area contributed by atoms with Crippen molar-refractivity contribution in [3.8, 4) is 5.88 Å². The van der Waals surface area contributed by atoms with E-state index in [1.165, 1.54) is 5.56 Å². The molecule has 0 spiro atoms. The first-order valence-corrected chi connectivity index (χ1v) is 9.90. The lowest BCUT2D eigenvalue weighted by Gasteiger charge is -2.07. The van der Waals surface area contributed by atoms with Crippen molar-refractivity contribution in [3.05, 3.63) is 53.7 Å². The number of pyridine rings is 1. The molecule has 5 nitrogen and oxygen atoms in total. The van der Waals surface area contributed by atoms with E-state index < -0.39 is 10.0 Å². The van der Waals surface area contributed by atoms with Crippen LogP contribution >= 0.6 is 0 Å². The number of primary sulfonamides is 1. The van der Waals surface area contributed by atoms with Crippen LogP contribution in [0, 0.1) is 11.3 Å². The second-order valence-corrected chi connectivity index (χ2v) is 8.79. The molecule has 1 aromatic heterocycles. The van der Waals surface area contributed by atoms with Gasteiger partial charge in [0.15, 0.2) is 0 Å². The molecule has 0 bridgehead atoms. The molecule has 1 fully saturated rings. The largest absolute Gasteiger partial charge is 0.481 e. The third-order valence-corrected chi connectivity index (χ3v) is 6.32. The molecule has 2 atom stereocenters. The van der Waals surface area contributed by atoms with E-state index >= 15 is 0 Å². The van der Waals surface area contributed by atoms with E-state index in [2.05, 4.69) is 24.9 Å². The number of aryl methyl sites for hydroxylation is 1. The Labute approximate surface area is 149 Å². The summed E-state index contributed by atoms with van der Waals surface area (Å²) in [6.45, 7) is 4.52. The zero-order chi connectivity index (χ0) is 18.2. The van der Waals surface area contributed by atoms with Crippen LogP contribution in [-0.4, -0.2) is 20.5 Å². The minimum absolute atomic E-state index is 0.159. The summed E-state index contributed by atoms with van der Waals surface area (Å²) in [5.41, 5.74) is 2.48. The molecule has 0 aliphatic heterocycles. The van der Waals surface area contributed by atoms with Gasteiger partial charge in [-0.3, -0.25) is 0 Å². The van der Waals surface area contributed by atoms with Crippen LogP contribution in [-0.2, 0) is 16.4 Å². The summed E-state index contributed by atoms with van der Waals surface area (Å²) in [7, 11) is -2.00. The summed E-state index contributed by atoms with van der Waals surface area (Å²) in [5.74, 6) is 1.65. The molecule has 1 aliphatic rings. The number of nitrogens with two attached hydrogens (primary N) is 1. The second kappa shape index (κ2) is 6.42. The molecule has 2 aromatic rings. The highest BCUT2D eigenvalue weighted by Gasteiger charge is 2.57. The standard InChI is InChI=1S/C19H24N2O3S/c1-19(2)16(11-8-14-5-4-12-21-18(14)24-3)17(19)13-6-9-15(10-7-13)25(20,22)23/h4-7,9-10,12,16-17H,8,11H2,1-3H3,(H2,20,22,23)/t16-,17-/m1/s1. The molecule has 3 rings (SSSR count). The number of benzene rings is 1. The second-order valence-electron chi connectivity index (χ2n) is 7.23. The maximum atomic E-state index is 11.4. The van der Waals surface area contributed by atoms with Crippen LogP contribution in [0.1, 0.15) is 37.3 Å². The third kappa shape index (κ3) is 3.55. The van der Waals surface area contributed by atoms with Gasteiger partial charge >= 0.3 is 0 Å². The first-order valence-electron chi connectivity index (χ1n) is 8.36. The Hall–Kier alpha value is -1.92. The van der Waals surface area contributed by atoms with Crippen molar-refractivity contribution in [2.75, 3.05) is 7.11 Å². The minimum atomic E-state index is -3.64. The van der Waals surface area contributed by atoms with Crippen LogP contribution in [0.15, 0.2) is 47.5 Å². The number of rotatable bonds is 6. The Morgan fingerprint density at radius 3 is 2.48 bits per heavy atom. The third-order valence-electron chi connectivity index (χ3n) is 5.39. The molecule has 134 valence electrons. The smallest absolute Gasteiger partial charge is 0.238 e. The fraction of sp³-hybridized carbons (Fsp3) is 0.421. The lowest BCUT2D eigenvalue weighted by atomic mass is 10.0. The molecular weight excluding hydrogens is 336 g/mol. The van der Waals surface area contributed by atoms with Crippen molar-refractivity contribution in [1.29, 1.82) is 0 Å². The van der Waals surface area contributed by atoms with Crippen molar-refractivity contribution < 1.29 is 13.2 Å². The maximum absolute atomic E-state index is 11.4. The number of methoxy groups -OCH3 is 1. The zero-order valence-electron chi connectivity index (χ0n) is 14.8. The predicted octanol–water partition coefficient (Wildman–Crippen LogP) is 3.11. The van der Waals surface area contributed by atoms with Crippen LogP contribution in [0.3, 0.4) is 0 Å². The molecular formula is C19H24N2O3S. The van der Waals surface area contributed by atoms with Gasteiger partial charge < -0.3 is 4.74 Å². The van der Waals surface area contributed by atoms with Gasteiger partial charge in [0.25, 0.3) is 0 Å². The van der Waals surface area contributed by atoms with Crippen molar-refractivity contribution in [2.24, 2.45) is 16.5 Å². The lowest BCUT2D eigenvalue weighted by Crippen LogP contribution is -2.11. The topological polar surface area (TPSA) is 82.3 Å². The molecule has 0 unspecified atom stereocenters. The molecule has 2 N–H and O–H groups in total. The summed E-state index contributed by atoms with van der Waals surface area (Å²) in [6, 6.07) is 10.9. The highest BCUT2D eigenvalue weighted by atomic mass is 32.2. The van der Waals surface area contributed by atoms with E-state index in [-0.39, 0.29) is 10.3 Å². The first kappa shape index (κ1) is 17.9. The molecule has 1 saturated carbocycles. The number of hydrogen-bond acceptors (Lipinski definition) is 4. The van der Waals surface area contributed by atoms with E-state index in [9.17, 15) is 8.42 Å². The average Bonchev–Trinajstić information content (AvgIpc) is 3.13. The Bertz CT molecular complexity index is 860. The quantitative estimate of drug-likeness (QED) is 0.858. The summed E-state index contributed by atoms with van der Waals surface area (Å²) >= 11 is 0. The van der Waals surface area contributed by atoms with Gasteiger partial charge in [-0.05, 0) is 53.9 Å². The molecule has 1 aromatic carbocycles. The van der Waals surface area contributed by atoms with Gasteiger partial charge in [0.05, 0.1) is 12.0 Å². The van der Waals surface area contributed by atoms with E-state index in [0.717, 1.165) is 18.4 Å². The van der Waals surface area contributed by atoms with Gasteiger partial charge in [0, 0.05) is 11.8 Å². The molecule has 25 heavy (non-hydrogen) atoms. The van der Waals surface area contributed by atoms with Crippen LogP contribution < -0.4 is 9.88 Å². The Kier molecular flexibility index (Phi) is 4.60. The van der Waals surface area contributed by atoms with Crippen molar-refractivity contribution in [3.63, 3.8) is 0 Å². The average molecular weight is 360 g/mol. The lowest BCUT2D eigenvalue weighted by molar-refractivity contribution is 0.390. The Morgan fingerprint density at radius 1 is 1.20 bits per heavy atom. The molecule has 6 heteroatoms. The monoisotopic (exact) mass is 360 g/mol. The van der Waals surface area contributed by atoms with Gasteiger partial charge in [-0.25, -0.2) is 18.5 Å². The number of nitrogens with zero attached hydrogens (tertiary/aromatic N) is 1. The van der Waals surface area contributed by atoms with E-state index in [1.807, 2.05) is 18.2 Å². The first-order chi connectivity index (χ1) is 11.7. The van der Waals surface area contributed by atoms with Gasteiger partial charge in [0.2, 0.25) is 15.9 Å². The van der Waals surface area contributed by atoms with E-state index in [1.54, 1.807) is 25.4 Å². The number of aromatic nitrogens is 1. The van der Waals surface area contributed by atoms with Crippen LogP contribution in [0.25, 0.3) is 0 Å². The maximum Gasteiger partial charge on any atom is 0.238 e. The summed E-state index contributed by atoms with van der Waals surface area (Å²) < 4.78 is 28.1. The van der Waals surface area contributed by atoms with Gasteiger partial charge in [-0.1, -0.05) is 32.0 Å². The van der Waals surface area contributed by atoms with Crippen LogP contribution in [0.4, 0.5) is 0 Å². The highest BCUT2D eigenvalue weighted by Crippen LogP contribution is 2.66. The number of hydrogen-bond donors (Lipinski definition) is 1. The summed E-state index contributed by atoms with van der Waals surface area (Å²) in [6.07, 6.45) is 3.69.